The number of para-hydroxylation sites is 1. The van der Waals surface area contributed by atoms with E-state index in [0.717, 1.165) is 16.8 Å². The molecule has 0 aliphatic carbocycles. The van der Waals surface area contributed by atoms with Crippen molar-refractivity contribution in [3.8, 4) is 16.9 Å². The highest BCUT2D eigenvalue weighted by molar-refractivity contribution is 5.71. The van der Waals surface area contributed by atoms with Gasteiger partial charge in [-0.2, -0.15) is 0 Å². The van der Waals surface area contributed by atoms with E-state index in [1.807, 2.05) is 37.3 Å². The predicted molar refractivity (Wildman–Crippen MR) is 82.4 cm³/mol. The Balaban J connectivity index is 1.99. The van der Waals surface area contributed by atoms with Crippen LogP contribution in [0, 0.1) is 5.82 Å². The summed E-state index contributed by atoms with van der Waals surface area (Å²) < 4.78 is 24.7. The molecule has 0 aliphatic rings. The molecule has 1 heterocycles. The van der Waals surface area contributed by atoms with Crippen LogP contribution in [0.2, 0.25) is 0 Å². The molecular weight excluding hydrogens is 281 g/mol. The molecule has 0 spiro atoms. The van der Waals surface area contributed by atoms with Crippen LogP contribution in [0.25, 0.3) is 11.1 Å². The van der Waals surface area contributed by atoms with Crippen LogP contribution in [0.5, 0.6) is 5.75 Å². The Labute approximate surface area is 128 Å². The highest BCUT2D eigenvalue weighted by Crippen LogP contribution is 2.33. The molecule has 1 aromatic heterocycles. The topological polar surface area (TPSA) is 35.3 Å². The fraction of sp³-hybridized carbons (Fsp3) is 0.167. The highest BCUT2D eigenvalue weighted by atomic mass is 19.1. The summed E-state index contributed by atoms with van der Waals surface area (Å²) in [5, 5.41) is 3.91. The molecule has 0 amide bonds. The second-order valence-corrected chi connectivity index (χ2v) is 5.09. The maximum absolute atomic E-state index is 14.6. The number of aromatic nitrogens is 1. The van der Waals surface area contributed by atoms with Gasteiger partial charge in [-0.05, 0) is 17.7 Å². The third-order valence-electron chi connectivity index (χ3n) is 3.79. The van der Waals surface area contributed by atoms with Gasteiger partial charge in [0.2, 0.25) is 0 Å². The van der Waals surface area contributed by atoms with Gasteiger partial charge < -0.3 is 9.26 Å². The van der Waals surface area contributed by atoms with Gasteiger partial charge in [0.05, 0.1) is 12.8 Å². The van der Waals surface area contributed by atoms with Gasteiger partial charge in [-0.3, -0.25) is 0 Å². The van der Waals surface area contributed by atoms with Crippen molar-refractivity contribution in [3.63, 3.8) is 0 Å². The van der Waals surface area contributed by atoms with E-state index in [-0.39, 0.29) is 11.7 Å². The minimum Gasteiger partial charge on any atom is -0.496 e. The number of halogens is 1. The van der Waals surface area contributed by atoms with Gasteiger partial charge in [0.1, 0.15) is 17.8 Å². The third-order valence-corrected chi connectivity index (χ3v) is 3.79. The first-order valence-corrected chi connectivity index (χ1v) is 7.04. The SMILES string of the molecule is COc1ccccc1-c1ccc(C(C)c2ccon2)cc1F. The summed E-state index contributed by atoms with van der Waals surface area (Å²) in [6.45, 7) is 1.97. The lowest BCUT2D eigenvalue weighted by Gasteiger charge is -2.13. The summed E-state index contributed by atoms with van der Waals surface area (Å²) in [7, 11) is 1.58. The molecule has 3 nitrogen and oxygen atoms in total. The Kier molecular flexibility index (Phi) is 3.92. The average Bonchev–Trinajstić information content (AvgIpc) is 3.08. The molecule has 1 unspecified atom stereocenters. The van der Waals surface area contributed by atoms with Crippen molar-refractivity contribution in [2.24, 2.45) is 0 Å². The van der Waals surface area contributed by atoms with E-state index in [1.54, 1.807) is 25.3 Å². The van der Waals surface area contributed by atoms with Crippen molar-refractivity contribution in [3.05, 3.63) is 71.9 Å². The molecule has 4 heteroatoms. The van der Waals surface area contributed by atoms with Gasteiger partial charge in [-0.1, -0.05) is 42.4 Å². The highest BCUT2D eigenvalue weighted by Gasteiger charge is 2.15. The molecule has 0 saturated heterocycles. The molecule has 0 N–H and O–H groups in total. The lowest BCUT2D eigenvalue weighted by atomic mass is 9.94. The van der Waals surface area contributed by atoms with E-state index in [9.17, 15) is 4.39 Å². The number of hydrogen-bond donors (Lipinski definition) is 0. The van der Waals surface area contributed by atoms with E-state index in [0.29, 0.717) is 11.3 Å². The molecule has 1 atom stereocenters. The normalized spacial score (nSPS) is 12.1. The van der Waals surface area contributed by atoms with Gasteiger partial charge in [0, 0.05) is 23.1 Å². The summed E-state index contributed by atoms with van der Waals surface area (Å²) in [5.41, 5.74) is 2.89. The third kappa shape index (κ3) is 2.60. The molecule has 3 rings (SSSR count). The zero-order chi connectivity index (χ0) is 15.5. The van der Waals surface area contributed by atoms with Crippen molar-refractivity contribution in [2.45, 2.75) is 12.8 Å². The monoisotopic (exact) mass is 297 g/mol. The number of hydrogen-bond acceptors (Lipinski definition) is 3. The number of benzene rings is 2. The van der Waals surface area contributed by atoms with Crippen molar-refractivity contribution >= 4 is 0 Å². The minimum absolute atomic E-state index is 0.0278. The molecule has 3 aromatic rings. The second-order valence-electron chi connectivity index (χ2n) is 5.09. The number of nitrogens with zero attached hydrogens (tertiary/aromatic N) is 1. The second kappa shape index (κ2) is 6.02. The Bertz CT molecular complexity index is 769. The lowest BCUT2D eigenvalue weighted by molar-refractivity contribution is 0.409. The van der Waals surface area contributed by atoms with E-state index in [4.69, 9.17) is 9.26 Å². The largest absolute Gasteiger partial charge is 0.496 e. The molecule has 0 saturated carbocycles. The van der Waals surface area contributed by atoms with Crippen molar-refractivity contribution < 1.29 is 13.7 Å². The summed E-state index contributed by atoms with van der Waals surface area (Å²) >= 11 is 0. The summed E-state index contributed by atoms with van der Waals surface area (Å²) in [4.78, 5) is 0. The summed E-state index contributed by atoms with van der Waals surface area (Å²) in [6.07, 6.45) is 1.52. The number of methoxy groups -OCH3 is 1. The van der Waals surface area contributed by atoms with Gasteiger partial charge in [-0.15, -0.1) is 0 Å². The van der Waals surface area contributed by atoms with Crippen LogP contribution in [0.15, 0.2) is 59.3 Å². The maximum atomic E-state index is 14.6. The zero-order valence-corrected chi connectivity index (χ0v) is 12.4. The first-order valence-electron chi connectivity index (χ1n) is 7.04. The fourth-order valence-electron chi connectivity index (χ4n) is 2.50. The van der Waals surface area contributed by atoms with Crippen LogP contribution in [0.1, 0.15) is 24.1 Å². The van der Waals surface area contributed by atoms with Crippen LogP contribution in [0.4, 0.5) is 4.39 Å². The molecule has 2 aromatic carbocycles. The van der Waals surface area contributed by atoms with E-state index >= 15 is 0 Å². The van der Waals surface area contributed by atoms with Crippen molar-refractivity contribution in [2.75, 3.05) is 7.11 Å². The molecule has 22 heavy (non-hydrogen) atoms. The standard InChI is InChI=1S/C18H16FNO2/c1-12(17-9-10-22-20-17)13-7-8-14(16(19)11-13)15-5-3-4-6-18(15)21-2/h3-12H,1-2H3. The van der Waals surface area contributed by atoms with Gasteiger partial charge in [0.25, 0.3) is 0 Å². The summed E-state index contributed by atoms with van der Waals surface area (Å²) in [5.74, 6) is 0.344. The van der Waals surface area contributed by atoms with E-state index in [2.05, 4.69) is 5.16 Å². The Morgan fingerprint density at radius 2 is 1.91 bits per heavy atom. The lowest BCUT2D eigenvalue weighted by Crippen LogP contribution is -1.98. The van der Waals surface area contributed by atoms with Gasteiger partial charge >= 0.3 is 0 Å². The molecule has 0 aliphatic heterocycles. The molecular formula is C18H16FNO2. The zero-order valence-electron chi connectivity index (χ0n) is 12.4. The Hall–Kier alpha value is -2.62. The van der Waals surface area contributed by atoms with Crippen LogP contribution in [0.3, 0.4) is 0 Å². The predicted octanol–water partition coefficient (Wildman–Crippen LogP) is 4.64. The van der Waals surface area contributed by atoms with Gasteiger partial charge in [0.15, 0.2) is 0 Å². The van der Waals surface area contributed by atoms with Gasteiger partial charge in [-0.25, -0.2) is 4.39 Å². The maximum Gasteiger partial charge on any atom is 0.131 e. The smallest absolute Gasteiger partial charge is 0.131 e. The number of ether oxygens (including phenoxy) is 1. The first-order chi connectivity index (χ1) is 10.7. The Morgan fingerprint density at radius 1 is 1.09 bits per heavy atom. The van der Waals surface area contributed by atoms with Crippen LogP contribution in [-0.4, -0.2) is 12.3 Å². The summed E-state index contributed by atoms with van der Waals surface area (Å²) in [6, 6.07) is 14.4. The van der Waals surface area contributed by atoms with Crippen LogP contribution in [-0.2, 0) is 0 Å². The fourth-order valence-corrected chi connectivity index (χ4v) is 2.50. The molecule has 0 fully saturated rings. The molecule has 112 valence electrons. The quantitative estimate of drug-likeness (QED) is 0.703. The minimum atomic E-state index is -0.280. The van der Waals surface area contributed by atoms with Crippen LogP contribution >= 0.6 is 0 Å². The van der Waals surface area contributed by atoms with E-state index < -0.39 is 0 Å². The Morgan fingerprint density at radius 3 is 2.59 bits per heavy atom. The van der Waals surface area contributed by atoms with Crippen molar-refractivity contribution in [1.82, 2.24) is 5.16 Å². The van der Waals surface area contributed by atoms with E-state index in [1.165, 1.54) is 6.26 Å². The van der Waals surface area contributed by atoms with Crippen molar-refractivity contribution in [1.29, 1.82) is 0 Å². The molecule has 0 bridgehead atoms. The average molecular weight is 297 g/mol. The molecule has 0 radical (unpaired) electrons. The number of rotatable bonds is 4. The first kappa shape index (κ1) is 14.3. The van der Waals surface area contributed by atoms with Crippen LogP contribution < -0.4 is 4.74 Å².